The van der Waals surface area contributed by atoms with E-state index in [1.165, 1.54) is 5.69 Å². The highest BCUT2D eigenvalue weighted by atomic mass is 16.2. The van der Waals surface area contributed by atoms with E-state index in [1.807, 2.05) is 25.4 Å². The Balaban J connectivity index is 1.54. The molecular weight excluding hydrogens is 432 g/mol. The summed E-state index contributed by atoms with van der Waals surface area (Å²) in [5.74, 6) is -0.0912. The number of hydrogen-bond acceptors (Lipinski definition) is 7. The van der Waals surface area contributed by atoms with Crippen molar-refractivity contribution in [2.75, 3.05) is 29.6 Å². The summed E-state index contributed by atoms with van der Waals surface area (Å²) in [6.07, 6.45) is 3.69. The highest BCUT2D eigenvalue weighted by Crippen LogP contribution is 2.44. The zero-order valence-corrected chi connectivity index (χ0v) is 19.7. The molecule has 0 atom stereocenters. The van der Waals surface area contributed by atoms with Gasteiger partial charge in [-0.05, 0) is 32.8 Å². The Morgan fingerprint density at radius 1 is 1.12 bits per heavy atom. The molecule has 5 rings (SSSR count). The van der Waals surface area contributed by atoms with Crippen molar-refractivity contribution in [3.05, 3.63) is 41.9 Å². The molecule has 3 aromatic rings. The SMILES string of the molecule is CNC(=O)c1nnc(NC(=O)C2CC2)cc1Nc1cccc2c1N(C)Cc1c-2cnn1C(C)C. The summed E-state index contributed by atoms with van der Waals surface area (Å²) in [4.78, 5) is 26.9. The lowest BCUT2D eigenvalue weighted by Crippen LogP contribution is -2.25. The summed E-state index contributed by atoms with van der Waals surface area (Å²) in [5, 5.41) is 21.5. The van der Waals surface area contributed by atoms with E-state index in [0.29, 0.717) is 18.1 Å². The molecule has 0 saturated heterocycles. The second-order valence-electron chi connectivity index (χ2n) is 9.06. The van der Waals surface area contributed by atoms with Crippen molar-refractivity contribution in [2.45, 2.75) is 39.3 Å². The number of rotatable bonds is 6. The number of nitrogens with one attached hydrogen (secondary N) is 3. The number of carbonyl (C=O) groups is 2. The number of para-hydroxylation sites is 1. The molecule has 1 aromatic carbocycles. The van der Waals surface area contributed by atoms with Crippen LogP contribution in [0.15, 0.2) is 30.5 Å². The minimum absolute atomic E-state index is 0.0348. The molecule has 10 heteroatoms. The van der Waals surface area contributed by atoms with Crippen molar-refractivity contribution >= 4 is 34.7 Å². The molecule has 0 bridgehead atoms. The summed E-state index contributed by atoms with van der Waals surface area (Å²) < 4.78 is 2.06. The minimum atomic E-state index is -0.367. The van der Waals surface area contributed by atoms with Gasteiger partial charge in [-0.1, -0.05) is 12.1 Å². The first-order chi connectivity index (χ1) is 16.4. The Hall–Kier alpha value is -3.95. The topological polar surface area (TPSA) is 117 Å². The van der Waals surface area contributed by atoms with Crippen LogP contribution in [0.3, 0.4) is 0 Å². The van der Waals surface area contributed by atoms with Gasteiger partial charge in [-0.3, -0.25) is 14.3 Å². The third kappa shape index (κ3) is 3.85. The number of aromatic nitrogens is 4. The highest BCUT2D eigenvalue weighted by molar-refractivity contribution is 6.01. The maximum absolute atomic E-state index is 12.5. The van der Waals surface area contributed by atoms with Gasteiger partial charge < -0.3 is 20.9 Å². The number of nitrogens with zero attached hydrogens (tertiary/aromatic N) is 5. The van der Waals surface area contributed by atoms with Crippen molar-refractivity contribution < 1.29 is 9.59 Å². The molecule has 0 spiro atoms. The van der Waals surface area contributed by atoms with E-state index < -0.39 is 0 Å². The van der Waals surface area contributed by atoms with E-state index in [2.05, 4.69) is 60.7 Å². The Kier molecular flexibility index (Phi) is 5.43. The molecule has 3 N–H and O–H groups in total. The summed E-state index contributed by atoms with van der Waals surface area (Å²) in [7, 11) is 3.58. The van der Waals surface area contributed by atoms with Crippen molar-refractivity contribution in [3.63, 3.8) is 0 Å². The Labute approximate surface area is 197 Å². The summed E-state index contributed by atoms with van der Waals surface area (Å²) in [6, 6.07) is 7.93. The van der Waals surface area contributed by atoms with Crippen LogP contribution >= 0.6 is 0 Å². The maximum Gasteiger partial charge on any atom is 0.273 e. The van der Waals surface area contributed by atoms with E-state index in [0.717, 1.165) is 35.3 Å². The molecule has 10 nitrogen and oxygen atoms in total. The molecule has 2 aliphatic rings. The third-order valence-corrected chi connectivity index (χ3v) is 6.19. The quantitative estimate of drug-likeness (QED) is 0.517. The van der Waals surface area contributed by atoms with Crippen LogP contribution in [0.25, 0.3) is 11.1 Å². The van der Waals surface area contributed by atoms with E-state index in [1.54, 1.807) is 13.1 Å². The fourth-order valence-electron chi connectivity index (χ4n) is 4.34. The maximum atomic E-state index is 12.5. The van der Waals surface area contributed by atoms with Gasteiger partial charge in [-0.15, -0.1) is 10.2 Å². The molecule has 3 heterocycles. The Bertz CT molecular complexity index is 1280. The van der Waals surface area contributed by atoms with E-state index in [9.17, 15) is 9.59 Å². The van der Waals surface area contributed by atoms with Crippen LogP contribution in [-0.4, -0.2) is 45.9 Å². The lowest BCUT2D eigenvalue weighted by molar-refractivity contribution is -0.117. The standard InChI is InChI=1S/C24H28N8O2/c1-13(2)32-19-12-31(4)22-15(16(19)11-26-32)6-5-7-17(22)27-18-10-20(28-23(33)14-8-9-14)29-30-21(18)24(34)25-3/h5-7,10-11,13-14H,8-9,12H2,1-4H3,(H,25,34)(H2,27,28,29,33). The smallest absolute Gasteiger partial charge is 0.273 e. The Morgan fingerprint density at radius 2 is 1.91 bits per heavy atom. The molecule has 1 fully saturated rings. The normalized spacial score (nSPS) is 14.4. The molecule has 2 amide bonds. The van der Waals surface area contributed by atoms with Gasteiger partial charge in [0.2, 0.25) is 5.91 Å². The van der Waals surface area contributed by atoms with Crippen LogP contribution in [0.1, 0.15) is 48.9 Å². The molecule has 1 aliphatic carbocycles. The second-order valence-corrected chi connectivity index (χ2v) is 9.06. The average molecular weight is 461 g/mol. The first-order valence-corrected chi connectivity index (χ1v) is 11.5. The van der Waals surface area contributed by atoms with Crippen LogP contribution in [0.2, 0.25) is 0 Å². The zero-order chi connectivity index (χ0) is 24.0. The van der Waals surface area contributed by atoms with Crippen molar-refractivity contribution in [2.24, 2.45) is 5.92 Å². The molecule has 0 unspecified atom stereocenters. The summed E-state index contributed by atoms with van der Waals surface area (Å²) in [6.45, 7) is 4.95. The van der Waals surface area contributed by atoms with Crippen LogP contribution in [0.4, 0.5) is 22.9 Å². The van der Waals surface area contributed by atoms with E-state index >= 15 is 0 Å². The molecule has 1 saturated carbocycles. The largest absolute Gasteiger partial charge is 0.366 e. The first-order valence-electron chi connectivity index (χ1n) is 11.5. The molecular formula is C24H28N8O2. The molecule has 1 aliphatic heterocycles. The van der Waals surface area contributed by atoms with Crippen molar-refractivity contribution in [1.29, 1.82) is 0 Å². The van der Waals surface area contributed by atoms with Gasteiger partial charge in [0.05, 0.1) is 35.5 Å². The van der Waals surface area contributed by atoms with Crippen molar-refractivity contribution in [1.82, 2.24) is 25.3 Å². The van der Waals surface area contributed by atoms with Gasteiger partial charge in [0, 0.05) is 43.2 Å². The van der Waals surface area contributed by atoms with Crippen LogP contribution < -0.4 is 20.9 Å². The van der Waals surface area contributed by atoms with Crippen molar-refractivity contribution in [3.8, 4) is 11.1 Å². The van der Waals surface area contributed by atoms with Crippen LogP contribution in [0.5, 0.6) is 0 Å². The number of hydrogen-bond donors (Lipinski definition) is 3. The number of anilines is 4. The average Bonchev–Trinajstić information content (AvgIpc) is 3.58. The summed E-state index contributed by atoms with van der Waals surface area (Å²) in [5.41, 5.74) is 5.77. The predicted octanol–water partition coefficient (Wildman–Crippen LogP) is 3.32. The Morgan fingerprint density at radius 3 is 2.62 bits per heavy atom. The van der Waals surface area contributed by atoms with Gasteiger partial charge in [0.25, 0.3) is 5.91 Å². The molecule has 34 heavy (non-hydrogen) atoms. The van der Waals surface area contributed by atoms with Gasteiger partial charge in [-0.25, -0.2) is 0 Å². The van der Waals surface area contributed by atoms with Gasteiger partial charge in [0.15, 0.2) is 11.5 Å². The van der Waals surface area contributed by atoms with Crippen LogP contribution in [0, 0.1) is 5.92 Å². The van der Waals surface area contributed by atoms with E-state index in [-0.39, 0.29) is 29.5 Å². The van der Waals surface area contributed by atoms with Gasteiger partial charge >= 0.3 is 0 Å². The molecule has 176 valence electrons. The fraction of sp³-hybridized carbons (Fsp3) is 0.375. The lowest BCUT2D eigenvalue weighted by Gasteiger charge is -2.31. The third-order valence-electron chi connectivity index (χ3n) is 6.19. The number of carbonyl (C=O) groups excluding carboxylic acids is 2. The number of amides is 2. The predicted molar refractivity (Wildman–Crippen MR) is 130 cm³/mol. The van der Waals surface area contributed by atoms with Gasteiger partial charge in [-0.2, -0.15) is 5.10 Å². The van der Waals surface area contributed by atoms with Crippen LogP contribution in [-0.2, 0) is 11.3 Å². The van der Waals surface area contributed by atoms with Gasteiger partial charge in [0.1, 0.15) is 0 Å². The fourth-order valence-corrected chi connectivity index (χ4v) is 4.34. The minimum Gasteiger partial charge on any atom is -0.366 e. The summed E-state index contributed by atoms with van der Waals surface area (Å²) >= 11 is 0. The molecule has 2 aromatic heterocycles. The number of benzene rings is 1. The second kappa shape index (κ2) is 8.44. The highest BCUT2D eigenvalue weighted by Gasteiger charge is 2.30. The van der Waals surface area contributed by atoms with E-state index in [4.69, 9.17) is 0 Å². The first kappa shape index (κ1) is 21.9. The monoisotopic (exact) mass is 460 g/mol. The molecule has 0 radical (unpaired) electrons. The zero-order valence-electron chi connectivity index (χ0n) is 19.7. The number of fused-ring (bicyclic) bond motifs is 3. The lowest BCUT2D eigenvalue weighted by atomic mass is 9.97.